The van der Waals surface area contributed by atoms with Crippen molar-refractivity contribution >= 4 is 11.5 Å². The second-order valence-electron chi connectivity index (χ2n) is 9.89. The minimum atomic E-state index is -0.0236. The van der Waals surface area contributed by atoms with E-state index in [0.29, 0.717) is 0 Å². The molecule has 1 aliphatic heterocycles. The zero-order valence-corrected chi connectivity index (χ0v) is 20.3. The highest BCUT2D eigenvalue weighted by Gasteiger charge is 2.35. The van der Waals surface area contributed by atoms with Gasteiger partial charge in [0.1, 0.15) is 6.17 Å². The third kappa shape index (κ3) is 4.22. The number of benzene rings is 4. The number of amidine groups is 1. The van der Waals surface area contributed by atoms with Crippen LogP contribution in [0, 0.1) is 0 Å². The van der Waals surface area contributed by atoms with Crippen LogP contribution < -0.4 is 4.90 Å². The number of para-hydroxylation sites is 1. The molecular formula is C31H31N3. The number of hydrogen-bond donors (Lipinski definition) is 0. The molecular weight excluding hydrogens is 414 g/mol. The Hall–Kier alpha value is -3.85. The lowest BCUT2D eigenvalue weighted by atomic mass is 9.86. The Morgan fingerprint density at radius 2 is 1.15 bits per heavy atom. The summed E-state index contributed by atoms with van der Waals surface area (Å²) >= 11 is 0. The van der Waals surface area contributed by atoms with Gasteiger partial charge in [0.25, 0.3) is 0 Å². The van der Waals surface area contributed by atoms with Gasteiger partial charge in [-0.05, 0) is 39.8 Å². The number of rotatable bonds is 4. The van der Waals surface area contributed by atoms with Crippen molar-refractivity contribution in [2.24, 2.45) is 5.10 Å². The Kier molecular flexibility index (Phi) is 5.70. The fourth-order valence-electron chi connectivity index (χ4n) is 4.55. The number of anilines is 1. The summed E-state index contributed by atoms with van der Waals surface area (Å²) < 4.78 is 0. The van der Waals surface area contributed by atoms with Crippen molar-refractivity contribution in [3.8, 4) is 11.1 Å². The maximum atomic E-state index is 5.02. The Morgan fingerprint density at radius 3 is 1.74 bits per heavy atom. The molecule has 4 aromatic rings. The van der Waals surface area contributed by atoms with Gasteiger partial charge in [0.05, 0.1) is 0 Å². The van der Waals surface area contributed by atoms with Crippen LogP contribution in [0.25, 0.3) is 11.1 Å². The van der Waals surface area contributed by atoms with Gasteiger partial charge in [-0.1, -0.05) is 118 Å². The minimum Gasteiger partial charge on any atom is -0.298 e. The van der Waals surface area contributed by atoms with Crippen LogP contribution in [0.5, 0.6) is 0 Å². The van der Waals surface area contributed by atoms with Crippen LogP contribution >= 0.6 is 0 Å². The third-order valence-electron chi connectivity index (χ3n) is 6.44. The van der Waals surface area contributed by atoms with Crippen molar-refractivity contribution in [3.63, 3.8) is 0 Å². The average Bonchev–Trinajstić information content (AvgIpc) is 3.22. The van der Waals surface area contributed by atoms with E-state index in [4.69, 9.17) is 5.10 Å². The molecule has 34 heavy (non-hydrogen) atoms. The molecule has 0 bridgehead atoms. The van der Waals surface area contributed by atoms with Crippen LogP contribution in [0.3, 0.4) is 0 Å². The van der Waals surface area contributed by atoms with Crippen molar-refractivity contribution in [2.75, 3.05) is 11.9 Å². The molecule has 1 atom stereocenters. The fraction of sp³-hybridized carbons (Fsp3) is 0.194. The molecule has 0 aromatic heterocycles. The Morgan fingerprint density at radius 1 is 0.618 bits per heavy atom. The molecule has 1 heterocycles. The quantitative estimate of drug-likeness (QED) is 0.324. The van der Waals surface area contributed by atoms with E-state index in [9.17, 15) is 0 Å². The smallest absolute Gasteiger partial charge is 0.162 e. The van der Waals surface area contributed by atoms with Crippen molar-refractivity contribution in [1.29, 1.82) is 0 Å². The highest BCUT2D eigenvalue weighted by molar-refractivity contribution is 6.11. The lowest BCUT2D eigenvalue weighted by molar-refractivity contribution is 0.290. The molecule has 1 unspecified atom stereocenters. The monoisotopic (exact) mass is 445 g/mol. The van der Waals surface area contributed by atoms with Crippen LogP contribution in [-0.4, -0.2) is 17.9 Å². The molecule has 3 nitrogen and oxygen atoms in total. The molecule has 0 amide bonds. The van der Waals surface area contributed by atoms with Crippen LogP contribution in [0.4, 0.5) is 5.69 Å². The molecule has 0 N–H and O–H groups in total. The first kappa shape index (κ1) is 22.0. The van der Waals surface area contributed by atoms with E-state index >= 15 is 0 Å². The van der Waals surface area contributed by atoms with Crippen molar-refractivity contribution in [3.05, 3.63) is 126 Å². The Balaban J connectivity index is 1.53. The molecule has 0 saturated carbocycles. The van der Waals surface area contributed by atoms with Gasteiger partial charge in [0, 0.05) is 18.3 Å². The van der Waals surface area contributed by atoms with Crippen LogP contribution in [-0.2, 0) is 5.41 Å². The molecule has 170 valence electrons. The van der Waals surface area contributed by atoms with Gasteiger partial charge in [-0.15, -0.1) is 0 Å². The van der Waals surface area contributed by atoms with E-state index in [2.05, 4.69) is 147 Å². The summed E-state index contributed by atoms with van der Waals surface area (Å²) in [4.78, 5) is 2.34. The van der Waals surface area contributed by atoms with Crippen molar-refractivity contribution in [1.82, 2.24) is 5.01 Å². The molecule has 5 rings (SSSR count). The van der Waals surface area contributed by atoms with E-state index in [0.717, 1.165) is 17.1 Å². The highest BCUT2D eigenvalue weighted by atomic mass is 15.6. The van der Waals surface area contributed by atoms with Crippen LogP contribution in [0.1, 0.15) is 43.6 Å². The average molecular weight is 446 g/mol. The molecule has 0 fully saturated rings. The topological polar surface area (TPSA) is 18.8 Å². The summed E-state index contributed by atoms with van der Waals surface area (Å²) in [5.41, 5.74) is 7.34. The summed E-state index contributed by atoms with van der Waals surface area (Å²) in [5.74, 6) is 0.964. The maximum Gasteiger partial charge on any atom is 0.162 e. The first-order valence-corrected chi connectivity index (χ1v) is 11.8. The molecule has 0 spiro atoms. The second kappa shape index (κ2) is 8.83. The first-order valence-electron chi connectivity index (χ1n) is 11.8. The van der Waals surface area contributed by atoms with Gasteiger partial charge in [-0.3, -0.25) is 9.91 Å². The standard InChI is InChI=1S/C31H31N3/c1-31(2,3)27-21-19-25(20-22-27)29-32-33(4)30(34(29)28-13-9-6-10-14-28)26-17-15-24(16-18-26)23-11-7-5-8-12-23/h5-22,30H,1-4H3. The van der Waals surface area contributed by atoms with E-state index in [-0.39, 0.29) is 11.6 Å². The number of hydrazone groups is 1. The lowest BCUT2D eigenvalue weighted by Crippen LogP contribution is -2.34. The summed E-state index contributed by atoms with van der Waals surface area (Å²) in [7, 11) is 2.06. The Labute approximate surface area is 203 Å². The molecule has 4 aromatic carbocycles. The van der Waals surface area contributed by atoms with Crippen molar-refractivity contribution in [2.45, 2.75) is 32.4 Å². The van der Waals surface area contributed by atoms with Crippen LogP contribution in [0.15, 0.2) is 114 Å². The van der Waals surface area contributed by atoms with Gasteiger partial charge >= 0.3 is 0 Å². The maximum absolute atomic E-state index is 5.02. The highest BCUT2D eigenvalue weighted by Crippen LogP contribution is 2.37. The van der Waals surface area contributed by atoms with Gasteiger partial charge < -0.3 is 0 Å². The summed E-state index contributed by atoms with van der Waals surface area (Å²) in [6.07, 6.45) is -0.0236. The van der Waals surface area contributed by atoms with Gasteiger partial charge in [0.2, 0.25) is 0 Å². The molecule has 0 aliphatic carbocycles. The van der Waals surface area contributed by atoms with Crippen LogP contribution in [0.2, 0.25) is 0 Å². The zero-order chi connectivity index (χ0) is 23.7. The summed E-state index contributed by atoms with van der Waals surface area (Å²) in [6.45, 7) is 6.73. The van der Waals surface area contributed by atoms with E-state index in [1.807, 2.05) is 0 Å². The number of nitrogens with zero attached hydrogens (tertiary/aromatic N) is 3. The molecule has 3 heteroatoms. The largest absolute Gasteiger partial charge is 0.298 e. The minimum absolute atomic E-state index is 0.0236. The normalized spacial score (nSPS) is 16.0. The van der Waals surface area contributed by atoms with Crippen molar-refractivity contribution < 1.29 is 0 Å². The van der Waals surface area contributed by atoms with Gasteiger partial charge in [-0.2, -0.15) is 5.10 Å². The van der Waals surface area contributed by atoms with E-state index < -0.39 is 0 Å². The van der Waals surface area contributed by atoms with Gasteiger partial charge in [0.15, 0.2) is 5.84 Å². The predicted molar refractivity (Wildman–Crippen MR) is 143 cm³/mol. The fourth-order valence-corrected chi connectivity index (χ4v) is 4.55. The summed E-state index contributed by atoms with van der Waals surface area (Å²) in [5, 5.41) is 7.09. The van der Waals surface area contributed by atoms with E-state index in [1.54, 1.807) is 0 Å². The predicted octanol–water partition coefficient (Wildman–Crippen LogP) is 7.46. The van der Waals surface area contributed by atoms with Gasteiger partial charge in [-0.25, -0.2) is 0 Å². The molecule has 0 radical (unpaired) electrons. The first-order chi connectivity index (χ1) is 16.4. The Bertz CT molecular complexity index is 1270. The zero-order valence-electron chi connectivity index (χ0n) is 20.3. The lowest BCUT2D eigenvalue weighted by Gasteiger charge is -2.31. The molecule has 0 saturated heterocycles. The third-order valence-corrected chi connectivity index (χ3v) is 6.44. The SMILES string of the molecule is CN1N=C(c2ccc(C(C)(C)C)cc2)N(c2ccccc2)C1c1ccc(-c2ccccc2)cc1. The number of hydrogen-bond acceptors (Lipinski definition) is 3. The second-order valence-corrected chi connectivity index (χ2v) is 9.89. The molecule has 1 aliphatic rings. The summed E-state index contributed by atoms with van der Waals surface area (Å²) in [6, 6.07) is 38.8. The van der Waals surface area contributed by atoms with E-state index in [1.165, 1.54) is 22.3 Å².